The minimum absolute atomic E-state index is 0.182. The molecule has 2 aromatic carbocycles. The zero-order valence-electron chi connectivity index (χ0n) is 21.3. The van der Waals surface area contributed by atoms with Gasteiger partial charge in [-0.05, 0) is 73.0 Å². The summed E-state index contributed by atoms with van der Waals surface area (Å²) in [7, 11) is 3.23. The van der Waals surface area contributed by atoms with Crippen molar-refractivity contribution in [3.8, 4) is 23.0 Å². The van der Waals surface area contributed by atoms with E-state index in [2.05, 4.69) is 10.3 Å². The Morgan fingerprint density at radius 2 is 1.57 bits per heavy atom. The Kier molecular flexibility index (Phi) is 11.9. The third-order valence-electron chi connectivity index (χ3n) is 5.50. The van der Waals surface area contributed by atoms with Gasteiger partial charge >= 0.3 is 0 Å². The molecule has 0 radical (unpaired) electrons. The van der Waals surface area contributed by atoms with E-state index in [1.807, 2.05) is 30.3 Å². The average molecular weight is 515 g/mol. The van der Waals surface area contributed by atoms with E-state index < -0.39 is 12.1 Å². The first-order chi connectivity index (χ1) is 18.1. The van der Waals surface area contributed by atoms with Crippen molar-refractivity contribution in [3.05, 3.63) is 77.9 Å². The minimum Gasteiger partial charge on any atom is -0.493 e. The third kappa shape index (κ3) is 10.2. The Hall–Kier alpha value is -3.40. The summed E-state index contributed by atoms with van der Waals surface area (Å²) < 4.78 is 40.3. The predicted octanol–water partition coefficient (Wildman–Crippen LogP) is 3.45. The lowest BCUT2D eigenvalue weighted by Gasteiger charge is -2.14. The van der Waals surface area contributed by atoms with Crippen LogP contribution in [-0.2, 0) is 17.6 Å². The van der Waals surface area contributed by atoms with Gasteiger partial charge in [0.2, 0.25) is 5.95 Å². The van der Waals surface area contributed by atoms with Gasteiger partial charge in [0.1, 0.15) is 30.8 Å². The molecule has 9 heteroatoms. The van der Waals surface area contributed by atoms with Gasteiger partial charge in [-0.2, -0.15) is 4.39 Å². The van der Waals surface area contributed by atoms with Crippen LogP contribution in [0.2, 0.25) is 0 Å². The Labute approximate surface area is 217 Å². The van der Waals surface area contributed by atoms with Crippen molar-refractivity contribution in [3.63, 3.8) is 0 Å². The molecular formula is C28H35FN2O6. The molecule has 0 spiro atoms. The number of hydrogen-bond donors (Lipinski definition) is 2. The van der Waals surface area contributed by atoms with Crippen molar-refractivity contribution in [1.29, 1.82) is 0 Å². The highest BCUT2D eigenvalue weighted by Gasteiger charge is 2.07. The van der Waals surface area contributed by atoms with Crippen molar-refractivity contribution in [2.45, 2.75) is 18.9 Å². The molecule has 0 aliphatic carbocycles. The molecule has 37 heavy (non-hydrogen) atoms. The van der Waals surface area contributed by atoms with Crippen molar-refractivity contribution in [2.24, 2.45) is 0 Å². The van der Waals surface area contributed by atoms with Gasteiger partial charge in [-0.3, -0.25) is 0 Å². The predicted molar refractivity (Wildman–Crippen MR) is 138 cm³/mol. The van der Waals surface area contributed by atoms with Gasteiger partial charge in [0, 0.05) is 12.7 Å². The standard InChI is InChI=1S/C28H35FN2O6/c1-33-26-9-3-21(17-27(26)34-2)11-13-30-19-23(32)20-37-25-7-5-24(6-8-25)36-16-15-35-14-12-22-4-10-28(29)31-18-22/h3-10,17-18,23,30,32H,11-16,19-20H2,1-2H3. The summed E-state index contributed by atoms with van der Waals surface area (Å²) in [4.78, 5) is 3.62. The van der Waals surface area contributed by atoms with Crippen molar-refractivity contribution >= 4 is 0 Å². The topological polar surface area (TPSA) is 91.3 Å². The highest BCUT2D eigenvalue weighted by Crippen LogP contribution is 2.27. The zero-order chi connectivity index (χ0) is 26.3. The number of rotatable bonds is 17. The van der Waals surface area contributed by atoms with Gasteiger partial charge in [0.25, 0.3) is 0 Å². The van der Waals surface area contributed by atoms with E-state index in [9.17, 15) is 9.50 Å². The van der Waals surface area contributed by atoms with Crippen LogP contribution in [0.1, 0.15) is 11.1 Å². The number of methoxy groups -OCH3 is 2. The molecule has 8 nitrogen and oxygen atoms in total. The number of benzene rings is 2. The Morgan fingerprint density at radius 3 is 2.27 bits per heavy atom. The van der Waals surface area contributed by atoms with Gasteiger partial charge in [0.05, 0.1) is 27.4 Å². The highest BCUT2D eigenvalue weighted by atomic mass is 19.1. The SMILES string of the molecule is COc1ccc(CCNCC(O)COc2ccc(OCCOCCc3ccc(F)nc3)cc2)cc1OC. The lowest BCUT2D eigenvalue weighted by molar-refractivity contribution is 0.102. The molecule has 2 N–H and O–H groups in total. The van der Waals surface area contributed by atoms with Crippen LogP contribution in [0.5, 0.6) is 23.0 Å². The van der Waals surface area contributed by atoms with E-state index in [1.165, 1.54) is 12.3 Å². The van der Waals surface area contributed by atoms with Gasteiger partial charge in [-0.1, -0.05) is 12.1 Å². The van der Waals surface area contributed by atoms with Crippen molar-refractivity contribution < 1.29 is 33.2 Å². The van der Waals surface area contributed by atoms with Gasteiger partial charge in [-0.25, -0.2) is 4.98 Å². The summed E-state index contributed by atoms with van der Waals surface area (Å²) in [5.74, 6) is 2.28. The average Bonchev–Trinajstić information content (AvgIpc) is 2.93. The molecule has 0 amide bonds. The molecule has 0 aliphatic rings. The molecule has 1 atom stereocenters. The van der Waals surface area contributed by atoms with Crippen molar-refractivity contribution in [1.82, 2.24) is 10.3 Å². The maximum atomic E-state index is 12.8. The summed E-state index contributed by atoms with van der Waals surface area (Å²) in [5, 5.41) is 13.4. The van der Waals surface area contributed by atoms with Gasteiger partial charge < -0.3 is 34.1 Å². The quantitative estimate of drug-likeness (QED) is 0.209. The number of aromatic nitrogens is 1. The summed E-state index contributed by atoms with van der Waals surface area (Å²) in [6, 6.07) is 16.1. The number of halogens is 1. The first-order valence-electron chi connectivity index (χ1n) is 12.2. The number of hydrogen-bond acceptors (Lipinski definition) is 8. The summed E-state index contributed by atoms with van der Waals surface area (Å²) in [6.07, 6.45) is 2.34. The normalized spacial score (nSPS) is 11.7. The molecule has 0 aliphatic heterocycles. The highest BCUT2D eigenvalue weighted by molar-refractivity contribution is 5.43. The molecule has 1 unspecified atom stereocenters. The molecule has 200 valence electrons. The van der Waals surface area contributed by atoms with E-state index in [0.29, 0.717) is 62.3 Å². The maximum absolute atomic E-state index is 12.8. The number of ether oxygens (including phenoxy) is 5. The van der Waals surface area contributed by atoms with Crippen LogP contribution in [0.3, 0.4) is 0 Å². The van der Waals surface area contributed by atoms with Crippen LogP contribution in [0.15, 0.2) is 60.8 Å². The van der Waals surface area contributed by atoms with Crippen LogP contribution in [0.25, 0.3) is 0 Å². The number of nitrogens with one attached hydrogen (secondary N) is 1. The van der Waals surface area contributed by atoms with E-state index >= 15 is 0 Å². The number of nitrogens with zero attached hydrogens (tertiary/aromatic N) is 1. The Balaban J connectivity index is 1.24. The van der Waals surface area contributed by atoms with Crippen LogP contribution in [0.4, 0.5) is 4.39 Å². The fourth-order valence-electron chi connectivity index (χ4n) is 3.49. The number of aliphatic hydroxyl groups is 1. The molecule has 0 bridgehead atoms. The van der Waals surface area contributed by atoms with Crippen LogP contribution < -0.4 is 24.3 Å². The summed E-state index contributed by atoms with van der Waals surface area (Å²) in [6.45, 7) is 2.68. The van der Waals surface area contributed by atoms with Gasteiger partial charge in [0.15, 0.2) is 11.5 Å². The monoisotopic (exact) mass is 514 g/mol. The number of pyridine rings is 1. The molecule has 1 heterocycles. The lowest BCUT2D eigenvalue weighted by Crippen LogP contribution is -2.32. The maximum Gasteiger partial charge on any atom is 0.212 e. The largest absolute Gasteiger partial charge is 0.493 e. The fourth-order valence-corrected chi connectivity index (χ4v) is 3.49. The van der Waals surface area contributed by atoms with E-state index in [0.717, 1.165) is 17.5 Å². The van der Waals surface area contributed by atoms with E-state index in [4.69, 9.17) is 23.7 Å². The summed E-state index contributed by atoms with van der Waals surface area (Å²) >= 11 is 0. The molecule has 0 fully saturated rings. The minimum atomic E-state index is -0.635. The smallest absolute Gasteiger partial charge is 0.212 e. The fraction of sp³-hybridized carbons (Fsp3) is 0.393. The molecule has 1 aromatic heterocycles. The molecular weight excluding hydrogens is 479 g/mol. The lowest BCUT2D eigenvalue weighted by atomic mass is 10.1. The zero-order valence-corrected chi connectivity index (χ0v) is 21.3. The second-order valence-electron chi connectivity index (χ2n) is 8.28. The summed E-state index contributed by atoms with van der Waals surface area (Å²) in [5.41, 5.74) is 2.04. The number of aliphatic hydroxyl groups excluding tert-OH is 1. The molecule has 0 saturated heterocycles. The van der Waals surface area contributed by atoms with Gasteiger partial charge in [-0.15, -0.1) is 0 Å². The van der Waals surface area contributed by atoms with Crippen LogP contribution in [0, 0.1) is 5.95 Å². The second kappa shape index (κ2) is 15.7. The molecule has 0 saturated carbocycles. The first kappa shape index (κ1) is 28.2. The van der Waals surface area contributed by atoms with Crippen LogP contribution >= 0.6 is 0 Å². The van der Waals surface area contributed by atoms with Crippen LogP contribution in [-0.4, -0.2) is 69.9 Å². The Morgan fingerprint density at radius 1 is 0.838 bits per heavy atom. The Bertz CT molecular complexity index is 1050. The van der Waals surface area contributed by atoms with Crippen molar-refractivity contribution in [2.75, 3.05) is 53.7 Å². The second-order valence-corrected chi connectivity index (χ2v) is 8.28. The molecule has 3 aromatic rings. The third-order valence-corrected chi connectivity index (χ3v) is 5.50. The first-order valence-corrected chi connectivity index (χ1v) is 12.2. The molecule has 3 rings (SSSR count). The van der Waals surface area contributed by atoms with E-state index in [1.54, 1.807) is 32.4 Å². The van der Waals surface area contributed by atoms with E-state index in [-0.39, 0.29) is 6.61 Å².